The van der Waals surface area contributed by atoms with E-state index in [1.165, 1.54) is 11.3 Å². The van der Waals surface area contributed by atoms with Crippen LogP contribution in [-0.4, -0.2) is 36.4 Å². The zero-order valence-corrected chi connectivity index (χ0v) is 10.9. The van der Waals surface area contributed by atoms with Crippen LogP contribution in [0.2, 0.25) is 0 Å². The Kier molecular flexibility index (Phi) is 3.22. The van der Waals surface area contributed by atoms with E-state index in [9.17, 15) is 8.78 Å². The van der Waals surface area contributed by atoms with Crippen molar-refractivity contribution in [1.82, 2.24) is 9.88 Å². The third-order valence-electron chi connectivity index (χ3n) is 3.06. The van der Waals surface area contributed by atoms with Crippen LogP contribution >= 0.6 is 11.3 Å². The van der Waals surface area contributed by atoms with Gasteiger partial charge in [0.2, 0.25) is 5.92 Å². The van der Waals surface area contributed by atoms with Crippen molar-refractivity contribution in [2.75, 3.05) is 20.6 Å². The van der Waals surface area contributed by atoms with Crippen LogP contribution in [0.25, 0.3) is 0 Å². The van der Waals surface area contributed by atoms with Crippen molar-refractivity contribution in [2.45, 2.75) is 30.7 Å². The molecule has 1 fully saturated rings. The van der Waals surface area contributed by atoms with Gasteiger partial charge < -0.3 is 10.6 Å². The van der Waals surface area contributed by atoms with Crippen LogP contribution in [0.15, 0.2) is 6.20 Å². The van der Waals surface area contributed by atoms with Crippen molar-refractivity contribution in [3.8, 4) is 0 Å². The molecule has 1 aromatic rings. The predicted molar refractivity (Wildman–Crippen MR) is 64.4 cm³/mol. The lowest BCUT2D eigenvalue weighted by atomic mass is 9.66. The van der Waals surface area contributed by atoms with E-state index in [4.69, 9.17) is 5.73 Å². The van der Waals surface area contributed by atoms with E-state index < -0.39 is 11.3 Å². The Labute approximate surface area is 104 Å². The van der Waals surface area contributed by atoms with Gasteiger partial charge in [0.15, 0.2) is 0 Å². The van der Waals surface area contributed by atoms with Gasteiger partial charge in [-0.15, -0.1) is 11.3 Å². The molecule has 0 amide bonds. The van der Waals surface area contributed by atoms with Crippen LogP contribution < -0.4 is 5.73 Å². The Morgan fingerprint density at radius 3 is 2.59 bits per heavy atom. The van der Waals surface area contributed by atoms with Gasteiger partial charge in [-0.2, -0.15) is 0 Å². The van der Waals surface area contributed by atoms with Crippen molar-refractivity contribution in [3.63, 3.8) is 0 Å². The summed E-state index contributed by atoms with van der Waals surface area (Å²) in [6.07, 6.45) is 1.45. The van der Waals surface area contributed by atoms with Gasteiger partial charge in [-0.3, -0.25) is 0 Å². The molecule has 0 radical (unpaired) electrons. The van der Waals surface area contributed by atoms with Crippen LogP contribution in [-0.2, 0) is 12.0 Å². The van der Waals surface area contributed by atoms with Crippen LogP contribution in [0.4, 0.5) is 8.78 Å². The molecule has 2 N–H and O–H groups in total. The first-order valence-corrected chi connectivity index (χ1v) is 6.36. The van der Waals surface area contributed by atoms with E-state index in [-0.39, 0.29) is 19.4 Å². The van der Waals surface area contributed by atoms with E-state index in [1.807, 2.05) is 19.0 Å². The molecule has 1 aliphatic carbocycles. The van der Waals surface area contributed by atoms with Crippen molar-refractivity contribution in [1.29, 1.82) is 0 Å². The van der Waals surface area contributed by atoms with E-state index in [0.29, 0.717) is 0 Å². The van der Waals surface area contributed by atoms with Crippen molar-refractivity contribution >= 4 is 11.3 Å². The maximum Gasteiger partial charge on any atom is 0.250 e. The fraction of sp³-hybridized carbons (Fsp3) is 0.727. The lowest BCUT2D eigenvalue weighted by molar-refractivity contribution is -0.123. The maximum atomic E-state index is 13.0. The second-order valence-corrected chi connectivity index (χ2v) is 6.18. The maximum absolute atomic E-state index is 13.0. The Morgan fingerprint density at radius 1 is 1.47 bits per heavy atom. The Morgan fingerprint density at radius 2 is 2.12 bits per heavy atom. The Bertz CT molecular complexity index is 395. The highest BCUT2D eigenvalue weighted by atomic mass is 32.1. The molecule has 0 aromatic carbocycles. The molecule has 1 saturated carbocycles. The van der Waals surface area contributed by atoms with Gasteiger partial charge in [0.05, 0.1) is 0 Å². The molecular formula is C11H17F2N3S. The van der Waals surface area contributed by atoms with Crippen LogP contribution in [0.5, 0.6) is 0 Å². The average molecular weight is 261 g/mol. The number of halogens is 2. The first-order chi connectivity index (χ1) is 7.87. The van der Waals surface area contributed by atoms with E-state index in [2.05, 4.69) is 4.98 Å². The summed E-state index contributed by atoms with van der Waals surface area (Å²) < 4.78 is 26.1. The minimum absolute atomic E-state index is 0.161. The number of nitrogens with two attached hydrogens (primary N) is 1. The quantitative estimate of drug-likeness (QED) is 0.899. The highest BCUT2D eigenvalue weighted by Crippen LogP contribution is 2.53. The number of rotatable bonds is 4. The molecule has 1 heterocycles. The SMILES string of the molecule is CN(C)Cc1cnc(C2(CN)CC(F)(F)C2)s1. The smallest absolute Gasteiger partial charge is 0.250 e. The predicted octanol–water partition coefficient (Wildman–Crippen LogP) is 1.83. The van der Waals surface area contributed by atoms with E-state index in [0.717, 1.165) is 16.4 Å². The summed E-state index contributed by atoms with van der Waals surface area (Å²) >= 11 is 1.50. The fourth-order valence-corrected chi connectivity index (χ4v) is 3.48. The molecular weight excluding hydrogens is 244 g/mol. The lowest BCUT2D eigenvalue weighted by Crippen LogP contribution is -2.53. The molecule has 0 unspecified atom stereocenters. The molecule has 0 bridgehead atoms. The summed E-state index contributed by atoms with van der Waals surface area (Å²) in [7, 11) is 3.94. The molecule has 0 atom stereocenters. The van der Waals surface area contributed by atoms with Gasteiger partial charge >= 0.3 is 0 Å². The number of aromatic nitrogens is 1. The highest BCUT2D eigenvalue weighted by Gasteiger charge is 2.58. The third-order valence-corrected chi connectivity index (χ3v) is 4.29. The molecule has 6 heteroatoms. The van der Waals surface area contributed by atoms with Gasteiger partial charge in [0.1, 0.15) is 5.01 Å². The largest absolute Gasteiger partial charge is 0.329 e. The minimum atomic E-state index is -2.56. The van der Waals surface area contributed by atoms with Crippen LogP contribution in [0.3, 0.4) is 0 Å². The average Bonchev–Trinajstić information content (AvgIpc) is 2.61. The molecule has 0 saturated heterocycles. The van der Waals surface area contributed by atoms with Crippen LogP contribution in [0, 0.1) is 0 Å². The summed E-state index contributed by atoms with van der Waals surface area (Å²) in [6.45, 7) is 1.03. The molecule has 2 rings (SSSR count). The summed E-state index contributed by atoms with van der Waals surface area (Å²) in [5.74, 6) is -2.56. The third kappa shape index (κ3) is 2.48. The molecule has 0 aliphatic heterocycles. The number of thiazole rings is 1. The van der Waals surface area contributed by atoms with Gasteiger partial charge in [-0.25, -0.2) is 13.8 Å². The second kappa shape index (κ2) is 4.26. The van der Waals surface area contributed by atoms with Crippen molar-refractivity contribution in [3.05, 3.63) is 16.1 Å². The van der Waals surface area contributed by atoms with Gasteiger partial charge in [0.25, 0.3) is 0 Å². The zero-order valence-electron chi connectivity index (χ0n) is 10.0. The van der Waals surface area contributed by atoms with Crippen LogP contribution in [0.1, 0.15) is 22.7 Å². The number of hydrogen-bond acceptors (Lipinski definition) is 4. The van der Waals surface area contributed by atoms with E-state index in [1.54, 1.807) is 6.20 Å². The summed E-state index contributed by atoms with van der Waals surface area (Å²) in [6, 6.07) is 0. The standard InChI is InChI=1S/C11H17F2N3S/c1-16(2)4-8-3-15-9(17-8)10(7-14)5-11(12,13)6-10/h3H,4-7,14H2,1-2H3. The Balaban J connectivity index is 2.14. The van der Waals surface area contributed by atoms with Crippen molar-refractivity contribution < 1.29 is 8.78 Å². The zero-order chi connectivity index (χ0) is 12.7. The van der Waals surface area contributed by atoms with Gasteiger partial charge in [0, 0.05) is 42.4 Å². The molecule has 96 valence electrons. The normalized spacial score (nSPS) is 21.5. The first-order valence-electron chi connectivity index (χ1n) is 5.55. The molecule has 0 spiro atoms. The van der Waals surface area contributed by atoms with Gasteiger partial charge in [-0.05, 0) is 14.1 Å². The molecule has 1 aromatic heterocycles. The minimum Gasteiger partial charge on any atom is -0.329 e. The molecule has 1 aliphatic rings. The molecule has 17 heavy (non-hydrogen) atoms. The summed E-state index contributed by atoms with van der Waals surface area (Å²) in [5, 5.41) is 0.766. The molecule has 3 nitrogen and oxygen atoms in total. The van der Waals surface area contributed by atoms with Crippen molar-refractivity contribution in [2.24, 2.45) is 5.73 Å². The van der Waals surface area contributed by atoms with Gasteiger partial charge in [-0.1, -0.05) is 0 Å². The summed E-state index contributed by atoms with van der Waals surface area (Å²) in [5.41, 5.74) is 5.07. The second-order valence-electron chi connectivity index (χ2n) is 5.06. The van der Waals surface area contributed by atoms with E-state index >= 15 is 0 Å². The summed E-state index contributed by atoms with van der Waals surface area (Å²) in [4.78, 5) is 7.40. The Hall–Kier alpha value is -0.590. The monoisotopic (exact) mass is 261 g/mol. The fourth-order valence-electron chi connectivity index (χ4n) is 2.26. The number of nitrogens with zero attached hydrogens (tertiary/aromatic N) is 2. The topological polar surface area (TPSA) is 42.2 Å². The first kappa shape index (κ1) is 12.9. The number of alkyl halides is 2. The number of hydrogen-bond donors (Lipinski definition) is 1. The lowest BCUT2D eigenvalue weighted by Gasteiger charge is -2.45. The highest BCUT2D eigenvalue weighted by molar-refractivity contribution is 7.11.